The van der Waals surface area contributed by atoms with Gasteiger partial charge in [-0.2, -0.15) is 0 Å². The Morgan fingerprint density at radius 2 is 2.06 bits per heavy atom. The molecule has 1 aromatic rings. The van der Waals surface area contributed by atoms with Crippen LogP contribution in [0.25, 0.3) is 0 Å². The van der Waals surface area contributed by atoms with Crippen LogP contribution in [0.2, 0.25) is 0 Å². The van der Waals surface area contributed by atoms with Crippen LogP contribution in [0.15, 0.2) is 30.4 Å². The number of benzene rings is 1. The van der Waals surface area contributed by atoms with Crippen LogP contribution < -0.4 is 9.47 Å². The van der Waals surface area contributed by atoms with Crippen molar-refractivity contribution < 1.29 is 14.6 Å². The van der Waals surface area contributed by atoms with Crippen molar-refractivity contribution >= 4 is 0 Å². The summed E-state index contributed by atoms with van der Waals surface area (Å²) < 4.78 is 10.6. The first-order chi connectivity index (χ1) is 7.78. The van der Waals surface area contributed by atoms with Crippen molar-refractivity contribution in [2.75, 3.05) is 6.79 Å². The van der Waals surface area contributed by atoms with E-state index in [4.69, 9.17) is 9.47 Å². The van der Waals surface area contributed by atoms with E-state index >= 15 is 0 Å². The Labute approximate surface area is 94.3 Å². The van der Waals surface area contributed by atoms with E-state index in [2.05, 4.69) is 0 Å². The highest BCUT2D eigenvalue weighted by molar-refractivity contribution is 5.47. The SMILES string of the molecule is OC1(c2ccc3c(c2)OCO3)C=CCCC1. The van der Waals surface area contributed by atoms with Crippen molar-refractivity contribution in [1.29, 1.82) is 0 Å². The number of hydrogen-bond donors (Lipinski definition) is 1. The fourth-order valence-corrected chi connectivity index (χ4v) is 2.26. The van der Waals surface area contributed by atoms with Crippen LogP contribution >= 0.6 is 0 Å². The van der Waals surface area contributed by atoms with Gasteiger partial charge in [-0.05, 0) is 37.0 Å². The van der Waals surface area contributed by atoms with Crippen molar-refractivity contribution in [2.24, 2.45) is 0 Å². The monoisotopic (exact) mass is 218 g/mol. The van der Waals surface area contributed by atoms with Gasteiger partial charge in [0.15, 0.2) is 11.5 Å². The zero-order valence-electron chi connectivity index (χ0n) is 8.98. The second-order valence-electron chi connectivity index (χ2n) is 4.29. The van der Waals surface area contributed by atoms with Gasteiger partial charge in [-0.3, -0.25) is 0 Å². The first-order valence-corrected chi connectivity index (χ1v) is 5.58. The van der Waals surface area contributed by atoms with Gasteiger partial charge in [0, 0.05) is 0 Å². The molecule has 3 heteroatoms. The van der Waals surface area contributed by atoms with E-state index in [0.717, 1.165) is 36.3 Å². The molecule has 0 fully saturated rings. The standard InChI is InChI=1S/C13H14O3/c14-13(6-2-1-3-7-13)10-4-5-11-12(8-10)16-9-15-11/h2,4-6,8,14H,1,3,7,9H2. The Morgan fingerprint density at radius 3 is 2.88 bits per heavy atom. The average molecular weight is 218 g/mol. The lowest BCUT2D eigenvalue weighted by molar-refractivity contribution is 0.0723. The van der Waals surface area contributed by atoms with Crippen molar-refractivity contribution in [2.45, 2.75) is 24.9 Å². The molecule has 16 heavy (non-hydrogen) atoms. The highest BCUT2D eigenvalue weighted by atomic mass is 16.7. The smallest absolute Gasteiger partial charge is 0.231 e. The molecular weight excluding hydrogens is 204 g/mol. The molecule has 1 aliphatic carbocycles. The fourth-order valence-electron chi connectivity index (χ4n) is 2.26. The number of ether oxygens (including phenoxy) is 2. The van der Waals surface area contributed by atoms with E-state index in [1.54, 1.807) is 0 Å². The van der Waals surface area contributed by atoms with E-state index in [1.165, 1.54) is 0 Å². The summed E-state index contributed by atoms with van der Waals surface area (Å²) >= 11 is 0. The van der Waals surface area contributed by atoms with Gasteiger partial charge in [0.1, 0.15) is 5.60 Å². The molecule has 1 unspecified atom stereocenters. The molecule has 0 saturated heterocycles. The molecule has 1 heterocycles. The Kier molecular flexibility index (Phi) is 2.14. The number of aliphatic hydroxyl groups is 1. The van der Waals surface area contributed by atoms with Crippen LogP contribution in [0.5, 0.6) is 11.5 Å². The van der Waals surface area contributed by atoms with E-state index in [0.29, 0.717) is 0 Å². The van der Waals surface area contributed by atoms with E-state index < -0.39 is 5.60 Å². The number of allylic oxidation sites excluding steroid dienone is 1. The third kappa shape index (κ3) is 1.48. The van der Waals surface area contributed by atoms with Gasteiger partial charge in [-0.15, -0.1) is 0 Å². The molecule has 0 spiro atoms. The molecule has 1 aliphatic heterocycles. The lowest BCUT2D eigenvalue weighted by Gasteiger charge is -2.28. The third-order valence-electron chi connectivity index (χ3n) is 3.19. The molecule has 2 aliphatic rings. The van der Waals surface area contributed by atoms with Gasteiger partial charge >= 0.3 is 0 Å². The molecule has 84 valence electrons. The molecule has 0 aromatic heterocycles. The van der Waals surface area contributed by atoms with Gasteiger partial charge < -0.3 is 14.6 Å². The topological polar surface area (TPSA) is 38.7 Å². The van der Waals surface area contributed by atoms with Gasteiger partial charge in [0.2, 0.25) is 6.79 Å². The minimum Gasteiger partial charge on any atom is -0.454 e. The van der Waals surface area contributed by atoms with Gasteiger partial charge in [-0.25, -0.2) is 0 Å². The molecule has 1 aromatic carbocycles. The molecule has 1 N–H and O–H groups in total. The van der Waals surface area contributed by atoms with Gasteiger partial charge in [0.05, 0.1) is 0 Å². The summed E-state index contributed by atoms with van der Waals surface area (Å²) in [7, 11) is 0. The largest absolute Gasteiger partial charge is 0.454 e. The van der Waals surface area contributed by atoms with Gasteiger partial charge in [0.25, 0.3) is 0 Å². The summed E-state index contributed by atoms with van der Waals surface area (Å²) in [6.07, 6.45) is 6.75. The first-order valence-electron chi connectivity index (χ1n) is 5.58. The van der Waals surface area contributed by atoms with Crippen LogP contribution in [0.3, 0.4) is 0 Å². The average Bonchev–Trinajstić information content (AvgIpc) is 2.77. The van der Waals surface area contributed by atoms with Crippen molar-refractivity contribution in [1.82, 2.24) is 0 Å². The van der Waals surface area contributed by atoms with E-state index in [-0.39, 0.29) is 6.79 Å². The Hall–Kier alpha value is -1.48. The second kappa shape index (κ2) is 3.52. The Morgan fingerprint density at radius 1 is 1.19 bits per heavy atom. The summed E-state index contributed by atoms with van der Waals surface area (Å²) in [5.41, 5.74) is 0.0480. The fraction of sp³-hybridized carbons (Fsp3) is 0.385. The van der Waals surface area contributed by atoms with E-state index in [9.17, 15) is 5.11 Å². The molecule has 3 nitrogen and oxygen atoms in total. The number of rotatable bonds is 1. The predicted molar refractivity (Wildman–Crippen MR) is 59.5 cm³/mol. The highest BCUT2D eigenvalue weighted by Crippen LogP contribution is 2.39. The molecule has 0 radical (unpaired) electrons. The molecule has 0 saturated carbocycles. The second-order valence-corrected chi connectivity index (χ2v) is 4.29. The highest BCUT2D eigenvalue weighted by Gasteiger charge is 2.29. The van der Waals surface area contributed by atoms with Crippen LogP contribution in [0.4, 0.5) is 0 Å². The van der Waals surface area contributed by atoms with Gasteiger partial charge in [-0.1, -0.05) is 18.2 Å². The van der Waals surface area contributed by atoms with Crippen LogP contribution in [0, 0.1) is 0 Å². The first kappa shape index (κ1) is 9.73. The predicted octanol–water partition coefficient (Wildman–Crippen LogP) is 2.34. The van der Waals surface area contributed by atoms with Crippen LogP contribution in [-0.4, -0.2) is 11.9 Å². The summed E-state index contributed by atoms with van der Waals surface area (Å²) in [4.78, 5) is 0. The number of fused-ring (bicyclic) bond motifs is 1. The summed E-state index contributed by atoms with van der Waals surface area (Å²) in [6.45, 7) is 0.271. The summed E-state index contributed by atoms with van der Waals surface area (Å²) in [5.74, 6) is 1.48. The molecule has 0 bridgehead atoms. The van der Waals surface area contributed by atoms with Crippen LogP contribution in [0.1, 0.15) is 24.8 Å². The lowest BCUT2D eigenvalue weighted by Crippen LogP contribution is -2.24. The van der Waals surface area contributed by atoms with Crippen molar-refractivity contribution in [3.8, 4) is 11.5 Å². The summed E-state index contributed by atoms with van der Waals surface area (Å²) in [5, 5.41) is 10.5. The minimum absolute atomic E-state index is 0.271. The molecular formula is C13H14O3. The quantitative estimate of drug-likeness (QED) is 0.735. The zero-order valence-corrected chi connectivity index (χ0v) is 8.98. The maximum atomic E-state index is 10.5. The van der Waals surface area contributed by atoms with Crippen LogP contribution in [-0.2, 0) is 5.60 Å². The van der Waals surface area contributed by atoms with Crippen molar-refractivity contribution in [3.63, 3.8) is 0 Å². The molecule has 3 rings (SSSR count). The normalized spacial score (nSPS) is 27.1. The minimum atomic E-state index is -0.834. The maximum Gasteiger partial charge on any atom is 0.231 e. The Bertz CT molecular complexity index is 439. The lowest BCUT2D eigenvalue weighted by atomic mass is 9.84. The number of hydrogen-bond acceptors (Lipinski definition) is 3. The Balaban J connectivity index is 2.00. The molecule has 1 atom stereocenters. The zero-order chi connectivity index (χ0) is 11.0. The maximum absolute atomic E-state index is 10.5. The third-order valence-corrected chi connectivity index (χ3v) is 3.19. The van der Waals surface area contributed by atoms with Crippen molar-refractivity contribution in [3.05, 3.63) is 35.9 Å². The molecule has 0 amide bonds. The van der Waals surface area contributed by atoms with E-state index in [1.807, 2.05) is 30.4 Å². The summed E-state index contributed by atoms with van der Waals surface area (Å²) in [6, 6.07) is 5.64.